The zero-order chi connectivity index (χ0) is 18.3. The molecule has 0 aromatic heterocycles. The predicted molar refractivity (Wildman–Crippen MR) is 99.8 cm³/mol. The second-order valence-corrected chi connectivity index (χ2v) is 7.48. The van der Waals surface area contributed by atoms with Crippen LogP contribution in [0.1, 0.15) is 54.2 Å². The van der Waals surface area contributed by atoms with Gasteiger partial charge in [-0.2, -0.15) is 0 Å². The molecule has 0 saturated carbocycles. The largest absolute Gasteiger partial charge is 0.454 e. The Labute approximate surface area is 154 Å². The van der Waals surface area contributed by atoms with Gasteiger partial charge in [0.25, 0.3) is 0 Å². The molecule has 4 rings (SSSR count). The Morgan fingerprint density at radius 2 is 1.69 bits per heavy atom. The van der Waals surface area contributed by atoms with Crippen LogP contribution in [-0.4, -0.2) is 31.5 Å². The molecule has 2 aliphatic rings. The van der Waals surface area contributed by atoms with Crippen LogP contribution in [0, 0.1) is 0 Å². The van der Waals surface area contributed by atoms with Crippen molar-refractivity contribution in [1.29, 1.82) is 0 Å². The monoisotopic (exact) mass is 351 g/mol. The number of hydrogen-bond acceptors (Lipinski definition) is 4. The molecule has 4 heteroatoms. The highest BCUT2D eigenvalue weighted by atomic mass is 16.6. The van der Waals surface area contributed by atoms with Gasteiger partial charge in [0.05, 0.1) is 0 Å². The topological polar surface area (TPSA) is 38.8 Å². The Hall–Kier alpha value is -2.17. The van der Waals surface area contributed by atoms with E-state index >= 15 is 0 Å². The van der Waals surface area contributed by atoms with E-state index in [1.165, 1.54) is 12.5 Å². The first-order valence-corrected chi connectivity index (χ1v) is 9.21. The summed E-state index contributed by atoms with van der Waals surface area (Å²) < 4.78 is 12.4. The fraction of sp³-hybridized carbons (Fsp3) is 0.409. The van der Waals surface area contributed by atoms with Crippen molar-refractivity contribution in [3.63, 3.8) is 0 Å². The van der Waals surface area contributed by atoms with Crippen molar-refractivity contribution in [3.05, 3.63) is 70.8 Å². The lowest BCUT2D eigenvalue weighted by Gasteiger charge is -2.40. The summed E-state index contributed by atoms with van der Waals surface area (Å²) in [6, 6.07) is 16.6. The molecule has 3 atom stereocenters. The standard InChI is InChI=1S/C22H25NO3/c1-15(24)25-20-16-9-4-6-11-18(16)22(13-8-14-23(2)3)19-12-7-5-10-17(19)21(20)26-22/h4-7,9-12,20-21H,8,13-14H2,1-3H3/t20-,21-,22?/m1/s1. The number of esters is 1. The predicted octanol–water partition coefficient (Wildman–Crippen LogP) is 3.96. The van der Waals surface area contributed by atoms with Crippen LogP contribution in [-0.2, 0) is 19.9 Å². The zero-order valence-electron chi connectivity index (χ0n) is 15.6. The molecule has 26 heavy (non-hydrogen) atoms. The van der Waals surface area contributed by atoms with E-state index < -0.39 is 11.7 Å². The van der Waals surface area contributed by atoms with Gasteiger partial charge in [-0.25, -0.2) is 0 Å². The Balaban J connectivity index is 1.85. The Bertz CT molecular complexity index is 832. The van der Waals surface area contributed by atoms with E-state index in [1.807, 2.05) is 18.2 Å². The van der Waals surface area contributed by atoms with Crippen molar-refractivity contribution >= 4 is 5.97 Å². The Morgan fingerprint density at radius 3 is 2.35 bits per heavy atom. The number of fused-ring (bicyclic) bond motifs is 7. The van der Waals surface area contributed by atoms with E-state index in [0.717, 1.165) is 36.1 Å². The van der Waals surface area contributed by atoms with Crippen LogP contribution in [0.5, 0.6) is 0 Å². The number of carbonyl (C=O) groups excluding carboxylic acids is 1. The molecule has 0 amide bonds. The summed E-state index contributed by atoms with van der Waals surface area (Å²) in [5, 5.41) is 0. The van der Waals surface area contributed by atoms with Gasteiger partial charge in [-0.1, -0.05) is 48.5 Å². The summed E-state index contributed by atoms with van der Waals surface area (Å²) in [5.74, 6) is -0.280. The summed E-state index contributed by atoms with van der Waals surface area (Å²) in [7, 11) is 4.19. The molecular weight excluding hydrogens is 326 g/mol. The third kappa shape index (κ3) is 2.65. The Kier molecular flexibility index (Phi) is 4.33. The normalized spacial score (nSPS) is 25.7. The number of nitrogens with zero attached hydrogens (tertiary/aromatic N) is 1. The molecule has 2 aromatic rings. The molecule has 0 saturated heterocycles. The first kappa shape index (κ1) is 17.3. The molecule has 136 valence electrons. The molecule has 2 aliphatic heterocycles. The molecule has 0 fully saturated rings. The Morgan fingerprint density at radius 1 is 1.08 bits per heavy atom. The minimum absolute atomic E-state index is 0.246. The molecule has 0 N–H and O–H groups in total. The van der Waals surface area contributed by atoms with E-state index in [9.17, 15) is 4.79 Å². The number of ether oxygens (including phenoxy) is 2. The zero-order valence-corrected chi connectivity index (χ0v) is 15.6. The number of hydrogen-bond donors (Lipinski definition) is 0. The van der Waals surface area contributed by atoms with Gasteiger partial charge >= 0.3 is 5.97 Å². The number of rotatable bonds is 5. The van der Waals surface area contributed by atoms with E-state index in [2.05, 4.69) is 49.3 Å². The second-order valence-electron chi connectivity index (χ2n) is 7.48. The van der Waals surface area contributed by atoms with Crippen LogP contribution >= 0.6 is 0 Å². The van der Waals surface area contributed by atoms with Gasteiger partial charge < -0.3 is 14.4 Å². The summed E-state index contributed by atoms with van der Waals surface area (Å²) >= 11 is 0. The van der Waals surface area contributed by atoms with Crippen LogP contribution in [0.15, 0.2) is 48.5 Å². The van der Waals surface area contributed by atoms with Crippen molar-refractivity contribution in [2.24, 2.45) is 0 Å². The van der Waals surface area contributed by atoms with Crippen molar-refractivity contribution in [3.8, 4) is 0 Å². The third-order valence-corrected chi connectivity index (χ3v) is 5.44. The highest BCUT2D eigenvalue weighted by molar-refractivity contribution is 5.67. The SMILES string of the molecule is CC(=O)O[C@@H]1c2ccccc2C2(CCCN(C)C)O[C@@H]1c1ccccc12. The van der Waals surface area contributed by atoms with E-state index in [1.54, 1.807) is 0 Å². The quantitative estimate of drug-likeness (QED) is 0.765. The van der Waals surface area contributed by atoms with E-state index in [0.29, 0.717) is 0 Å². The lowest BCUT2D eigenvalue weighted by Crippen LogP contribution is -2.35. The average Bonchev–Trinajstić information content (AvgIpc) is 2.91. The van der Waals surface area contributed by atoms with Crippen LogP contribution < -0.4 is 0 Å². The molecule has 1 unspecified atom stereocenters. The van der Waals surface area contributed by atoms with Gasteiger partial charge in [-0.05, 0) is 50.2 Å². The van der Waals surface area contributed by atoms with Crippen molar-refractivity contribution in [2.75, 3.05) is 20.6 Å². The van der Waals surface area contributed by atoms with Crippen LogP contribution in [0.2, 0.25) is 0 Å². The molecule has 2 bridgehead atoms. The van der Waals surface area contributed by atoms with Crippen LogP contribution in [0.25, 0.3) is 0 Å². The average molecular weight is 351 g/mol. The van der Waals surface area contributed by atoms with Gasteiger partial charge in [0.15, 0.2) is 6.10 Å². The molecule has 4 nitrogen and oxygen atoms in total. The summed E-state index contributed by atoms with van der Waals surface area (Å²) in [6.45, 7) is 2.47. The molecule has 2 heterocycles. The van der Waals surface area contributed by atoms with Gasteiger partial charge in [0.2, 0.25) is 0 Å². The first-order chi connectivity index (χ1) is 12.5. The van der Waals surface area contributed by atoms with Gasteiger partial charge in [-0.15, -0.1) is 0 Å². The van der Waals surface area contributed by atoms with Crippen molar-refractivity contribution in [2.45, 2.75) is 37.6 Å². The van der Waals surface area contributed by atoms with E-state index in [4.69, 9.17) is 9.47 Å². The fourth-order valence-electron chi connectivity index (χ4n) is 4.44. The summed E-state index contributed by atoms with van der Waals surface area (Å²) in [6.07, 6.45) is 1.29. The summed E-state index contributed by atoms with van der Waals surface area (Å²) in [4.78, 5) is 14.0. The smallest absolute Gasteiger partial charge is 0.303 e. The maximum atomic E-state index is 11.8. The van der Waals surface area contributed by atoms with Crippen molar-refractivity contribution < 1.29 is 14.3 Å². The van der Waals surface area contributed by atoms with Gasteiger partial charge in [0, 0.05) is 12.5 Å². The molecule has 0 radical (unpaired) electrons. The van der Waals surface area contributed by atoms with Crippen LogP contribution in [0.3, 0.4) is 0 Å². The maximum absolute atomic E-state index is 11.8. The summed E-state index contributed by atoms with van der Waals surface area (Å²) in [5.41, 5.74) is 4.10. The molecule has 0 spiro atoms. The first-order valence-electron chi connectivity index (χ1n) is 9.21. The van der Waals surface area contributed by atoms with Crippen molar-refractivity contribution in [1.82, 2.24) is 4.90 Å². The fourth-order valence-corrected chi connectivity index (χ4v) is 4.44. The highest BCUT2D eigenvalue weighted by Crippen LogP contribution is 2.60. The minimum Gasteiger partial charge on any atom is -0.454 e. The highest BCUT2D eigenvalue weighted by Gasteiger charge is 2.54. The molecule has 0 aliphatic carbocycles. The third-order valence-electron chi connectivity index (χ3n) is 5.44. The lowest BCUT2D eigenvalue weighted by atomic mass is 9.80. The second kappa shape index (κ2) is 6.53. The van der Waals surface area contributed by atoms with Gasteiger partial charge in [-0.3, -0.25) is 4.79 Å². The van der Waals surface area contributed by atoms with E-state index in [-0.39, 0.29) is 12.1 Å². The van der Waals surface area contributed by atoms with Crippen LogP contribution in [0.4, 0.5) is 0 Å². The molecule has 2 aromatic carbocycles. The maximum Gasteiger partial charge on any atom is 0.303 e. The van der Waals surface area contributed by atoms with Gasteiger partial charge in [0.1, 0.15) is 11.7 Å². The minimum atomic E-state index is -0.454. The lowest BCUT2D eigenvalue weighted by molar-refractivity contribution is -0.170. The molecular formula is C22H25NO3. The number of benzene rings is 2. The number of carbonyl (C=O) groups is 1.